The third-order valence-corrected chi connectivity index (χ3v) is 7.34. The molecular formula is C25H32BrFN6O3. The summed E-state index contributed by atoms with van der Waals surface area (Å²) in [6.07, 6.45) is 1.83. The standard InChI is InChI=1S/C25H32BrFN6O3/c1-25(2,3)36-24(34)33-12-10-32(11-13-33)22-18-14-16(7-8-28)19(26)20(27)21(18)29-23(30-22)35-15-17-6-5-9-31(17)4/h14,17H,5-7,9-13,15H2,1-4H3/t17-/m0/s1. The summed E-state index contributed by atoms with van der Waals surface area (Å²) in [4.78, 5) is 27.5. The van der Waals surface area contributed by atoms with Gasteiger partial charge in [0.2, 0.25) is 0 Å². The fourth-order valence-corrected chi connectivity index (χ4v) is 4.97. The fraction of sp³-hybridized carbons (Fsp3) is 0.600. The van der Waals surface area contributed by atoms with Gasteiger partial charge in [0.25, 0.3) is 0 Å². The number of hydrogen-bond acceptors (Lipinski definition) is 8. The lowest BCUT2D eigenvalue weighted by Gasteiger charge is -2.36. The van der Waals surface area contributed by atoms with Crippen molar-refractivity contribution in [2.24, 2.45) is 0 Å². The van der Waals surface area contributed by atoms with Gasteiger partial charge in [0.05, 0.1) is 17.0 Å². The molecule has 1 aromatic carbocycles. The summed E-state index contributed by atoms with van der Waals surface area (Å²) in [7, 11) is 2.06. The van der Waals surface area contributed by atoms with Crippen LogP contribution < -0.4 is 9.64 Å². The van der Waals surface area contributed by atoms with Crippen LogP contribution in [0.1, 0.15) is 39.2 Å². The Hall–Kier alpha value is -2.71. The normalized spacial score (nSPS) is 19.0. The Morgan fingerprint density at radius 1 is 1.25 bits per heavy atom. The van der Waals surface area contributed by atoms with Crippen molar-refractivity contribution in [2.75, 3.05) is 51.3 Å². The number of hydrogen-bond donors (Lipinski definition) is 0. The molecule has 0 radical (unpaired) electrons. The molecule has 0 spiro atoms. The van der Waals surface area contributed by atoms with E-state index in [9.17, 15) is 10.1 Å². The number of nitrogens with zero attached hydrogens (tertiary/aromatic N) is 6. The largest absolute Gasteiger partial charge is 0.462 e. The maximum Gasteiger partial charge on any atom is 0.410 e. The predicted octanol–water partition coefficient (Wildman–Crippen LogP) is 4.13. The number of rotatable bonds is 5. The second-order valence-corrected chi connectivity index (χ2v) is 11.1. The lowest BCUT2D eigenvalue weighted by molar-refractivity contribution is 0.0240. The smallest absolute Gasteiger partial charge is 0.410 e. The van der Waals surface area contributed by atoms with E-state index in [-0.39, 0.29) is 34.6 Å². The molecule has 0 N–H and O–H groups in total. The first-order valence-electron chi connectivity index (χ1n) is 12.2. The molecule has 1 amide bonds. The monoisotopic (exact) mass is 562 g/mol. The molecule has 1 aromatic heterocycles. The summed E-state index contributed by atoms with van der Waals surface area (Å²) in [5.41, 5.74) is 0.0950. The van der Waals surface area contributed by atoms with Crippen molar-refractivity contribution in [1.29, 1.82) is 5.26 Å². The van der Waals surface area contributed by atoms with E-state index in [0.29, 0.717) is 49.6 Å². The predicted molar refractivity (Wildman–Crippen MR) is 138 cm³/mol. The Balaban J connectivity index is 1.64. The zero-order valence-electron chi connectivity index (χ0n) is 21.2. The van der Waals surface area contributed by atoms with Crippen molar-refractivity contribution in [1.82, 2.24) is 19.8 Å². The van der Waals surface area contributed by atoms with Crippen molar-refractivity contribution < 1.29 is 18.7 Å². The SMILES string of the molecule is CN1CCC[C@H]1COc1nc(N2CCN(C(=O)OC(C)(C)C)CC2)c2cc(CC#N)c(Br)c(F)c2n1. The van der Waals surface area contributed by atoms with Crippen LogP contribution in [-0.4, -0.2) is 83.9 Å². The van der Waals surface area contributed by atoms with Gasteiger partial charge in [-0.25, -0.2) is 9.18 Å². The Labute approximate surface area is 219 Å². The van der Waals surface area contributed by atoms with Gasteiger partial charge >= 0.3 is 12.1 Å². The highest BCUT2D eigenvalue weighted by Crippen LogP contribution is 2.35. The van der Waals surface area contributed by atoms with Crippen molar-refractivity contribution >= 4 is 38.7 Å². The summed E-state index contributed by atoms with van der Waals surface area (Å²) < 4.78 is 27.1. The summed E-state index contributed by atoms with van der Waals surface area (Å²) in [5, 5.41) is 9.73. The minimum Gasteiger partial charge on any atom is -0.462 e. The van der Waals surface area contributed by atoms with Gasteiger partial charge < -0.3 is 24.2 Å². The van der Waals surface area contributed by atoms with Crippen LogP contribution in [0.3, 0.4) is 0 Å². The van der Waals surface area contributed by atoms with Gasteiger partial charge in [-0.2, -0.15) is 15.2 Å². The lowest BCUT2D eigenvalue weighted by Crippen LogP contribution is -2.50. The van der Waals surface area contributed by atoms with E-state index in [1.54, 1.807) is 11.0 Å². The number of carbonyl (C=O) groups is 1. The average molecular weight is 563 g/mol. The average Bonchev–Trinajstić information content (AvgIpc) is 3.24. The van der Waals surface area contributed by atoms with Crippen LogP contribution in [0.25, 0.3) is 10.9 Å². The second kappa shape index (κ2) is 10.7. The van der Waals surface area contributed by atoms with Crippen LogP contribution in [0, 0.1) is 17.1 Å². The molecule has 9 nitrogen and oxygen atoms in total. The zero-order valence-corrected chi connectivity index (χ0v) is 22.8. The molecule has 11 heteroatoms. The number of anilines is 1. The van der Waals surface area contributed by atoms with E-state index in [4.69, 9.17) is 9.47 Å². The van der Waals surface area contributed by atoms with Gasteiger partial charge in [0, 0.05) is 37.6 Å². The third kappa shape index (κ3) is 5.81. The molecule has 1 atom stereocenters. The quantitative estimate of drug-likeness (QED) is 0.536. The molecular weight excluding hydrogens is 531 g/mol. The van der Waals surface area contributed by atoms with Crippen molar-refractivity contribution in [2.45, 2.75) is 51.7 Å². The van der Waals surface area contributed by atoms with Crippen LogP contribution in [0.5, 0.6) is 6.01 Å². The molecule has 4 rings (SSSR count). The number of likely N-dealkylation sites (tertiary alicyclic amines) is 1. The van der Waals surface area contributed by atoms with Gasteiger partial charge in [-0.3, -0.25) is 0 Å². The number of likely N-dealkylation sites (N-methyl/N-ethyl adjacent to an activating group) is 1. The molecule has 0 saturated carbocycles. The highest BCUT2D eigenvalue weighted by molar-refractivity contribution is 9.10. The molecule has 36 heavy (non-hydrogen) atoms. The molecule has 3 heterocycles. The van der Waals surface area contributed by atoms with Gasteiger partial charge in [0.15, 0.2) is 5.82 Å². The number of aromatic nitrogens is 2. The molecule has 194 valence electrons. The summed E-state index contributed by atoms with van der Waals surface area (Å²) in [5.74, 6) is -0.0131. The molecule has 0 aliphatic carbocycles. The van der Waals surface area contributed by atoms with Crippen molar-refractivity contribution in [3.8, 4) is 12.1 Å². The van der Waals surface area contributed by atoms with E-state index >= 15 is 4.39 Å². The molecule has 0 unspecified atom stereocenters. The van der Waals surface area contributed by atoms with Crippen LogP contribution in [-0.2, 0) is 11.2 Å². The number of piperazine rings is 1. The van der Waals surface area contributed by atoms with Crippen LogP contribution in [0.2, 0.25) is 0 Å². The van der Waals surface area contributed by atoms with E-state index in [1.165, 1.54) is 0 Å². The van der Waals surface area contributed by atoms with Crippen LogP contribution in [0.4, 0.5) is 15.0 Å². The fourth-order valence-electron chi connectivity index (χ4n) is 4.53. The molecule has 2 fully saturated rings. The number of ether oxygens (including phenoxy) is 2. The molecule has 2 aliphatic heterocycles. The molecule has 2 aliphatic rings. The van der Waals surface area contributed by atoms with Crippen molar-refractivity contribution in [3.05, 3.63) is 21.9 Å². The molecule has 2 saturated heterocycles. The first-order valence-corrected chi connectivity index (χ1v) is 13.0. The Bertz CT molecular complexity index is 1170. The zero-order chi connectivity index (χ0) is 26.0. The van der Waals surface area contributed by atoms with Gasteiger partial charge in [-0.15, -0.1) is 0 Å². The molecule has 0 bridgehead atoms. The van der Waals surface area contributed by atoms with E-state index < -0.39 is 11.4 Å². The number of halogens is 2. The number of carbonyl (C=O) groups excluding carboxylic acids is 1. The Morgan fingerprint density at radius 3 is 2.58 bits per heavy atom. The van der Waals surface area contributed by atoms with E-state index in [1.807, 2.05) is 25.7 Å². The minimum absolute atomic E-state index is 0.0472. The first-order chi connectivity index (χ1) is 17.1. The Morgan fingerprint density at radius 2 is 1.97 bits per heavy atom. The topological polar surface area (TPSA) is 94.8 Å². The Kier molecular flexibility index (Phi) is 7.85. The van der Waals surface area contributed by atoms with Gasteiger partial charge in [-0.05, 0) is 74.8 Å². The number of fused-ring (bicyclic) bond motifs is 1. The number of nitriles is 1. The lowest BCUT2D eigenvalue weighted by atomic mass is 10.1. The minimum atomic E-state index is -0.571. The van der Waals surface area contributed by atoms with E-state index in [2.05, 4.69) is 43.9 Å². The summed E-state index contributed by atoms with van der Waals surface area (Å²) in [6, 6.07) is 4.22. The summed E-state index contributed by atoms with van der Waals surface area (Å²) >= 11 is 3.29. The van der Waals surface area contributed by atoms with Crippen LogP contribution >= 0.6 is 15.9 Å². The third-order valence-electron chi connectivity index (χ3n) is 6.48. The maximum absolute atomic E-state index is 15.4. The summed E-state index contributed by atoms with van der Waals surface area (Å²) in [6.45, 7) is 8.80. The highest BCUT2D eigenvalue weighted by atomic mass is 79.9. The maximum atomic E-state index is 15.4. The number of amides is 1. The van der Waals surface area contributed by atoms with Gasteiger partial charge in [0.1, 0.15) is 23.5 Å². The van der Waals surface area contributed by atoms with Crippen molar-refractivity contribution in [3.63, 3.8) is 0 Å². The van der Waals surface area contributed by atoms with Crippen LogP contribution in [0.15, 0.2) is 10.5 Å². The highest BCUT2D eigenvalue weighted by Gasteiger charge is 2.29. The second-order valence-electron chi connectivity index (χ2n) is 10.3. The molecule has 2 aromatic rings. The van der Waals surface area contributed by atoms with Gasteiger partial charge in [-0.1, -0.05) is 0 Å². The number of benzene rings is 1. The van der Waals surface area contributed by atoms with E-state index in [0.717, 1.165) is 19.4 Å². The first kappa shape index (κ1) is 26.4.